The predicted octanol–water partition coefficient (Wildman–Crippen LogP) is 0.394. The SMILES string of the molecule is COCCOCCOCCOCC(COCCOCCOCCOC)OC. The second-order valence-electron chi connectivity index (χ2n) is 5.44. The Kier molecular flexibility index (Phi) is 23.4. The van der Waals surface area contributed by atoms with E-state index in [1.165, 1.54) is 0 Å². The molecule has 0 N–H and O–H groups in total. The lowest BCUT2D eigenvalue weighted by Gasteiger charge is -2.16. The van der Waals surface area contributed by atoms with Crippen LogP contribution in [-0.4, -0.2) is 120 Å². The van der Waals surface area contributed by atoms with Crippen molar-refractivity contribution >= 4 is 0 Å². The summed E-state index contributed by atoms with van der Waals surface area (Å²) in [6, 6.07) is 0. The van der Waals surface area contributed by atoms with Gasteiger partial charge in [0.05, 0.1) is 92.5 Å². The maximum absolute atomic E-state index is 5.53. The number of hydrogen-bond donors (Lipinski definition) is 0. The second-order valence-corrected chi connectivity index (χ2v) is 5.44. The summed E-state index contributed by atoms with van der Waals surface area (Å²) in [6.07, 6.45) is -0.111. The van der Waals surface area contributed by atoms with Crippen molar-refractivity contribution in [1.82, 2.24) is 0 Å². The molecule has 0 rings (SSSR count). The Balaban J connectivity index is 3.28. The Morgan fingerprint density at radius 1 is 0.407 bits per heavy atom. The first-order valence-corrected chi connectivity index (χ1v) is 9.32. The van der Waals surface area contributed by atoms with Crippen LogP contribution in [0.15, 0.2) is 0 Å². The van der Waals surface area contributed by atoms with Gasteiger partial charge in [-0.2, -0.15) is 0 Å². The molecule has 0 fully saturated rings. The molecular formula is C18H38O9. The summed E-state index contributed by atoms with van der Waals surface area (Å²) in [5.41, 5.74) is 0. The van der Waals surface area contributed by atoms with Gasteiger partial charge in [0.25, 0.3) is 0 Å². The van der Waals surface area contributed by atoms with Crippen molar-refractivity contribution < 1.29 is 42.6 Å². The molecule has 0 aromatic carbocycles. The van der Waals surface area contributed by atoms with Crippen LogP contribution in [0.5, 0.6) is 0 Å². The average molecular weight is 398 g/mol. The molecule has 27 heavy (non-hydrogen) atoms. The van der Waals surface area contributed by atoms with E-state index in [9.17, 15) is 0 Å². The minimum atomic E-state index is -0.111. The van der Waals surface area contributed by atoms with Gasteiger partial charge in [0.1, 0.15) is 6.10 Å². The average Bonchev–Trinajstić information content (AvgIpc) is 2.69. The molecule has 0 saturated carbocycles. The van der Waals surface area contributed by atoms with Crippen LogP contribution in [0.3, 0.4) is 0 Å². The van der Waals surface area contributed by atoms with Crippen molar-refractivity contribution in [1.29, 1.82) is 0 Å². The Bertz CT molecular complexity index is 245. The fraction of sp³-hybridized carbons (Fsp3) is 1.00. The summed E-state index contributed by atoms with van der Waals surface area (Å²) in [4.78, 5) is 0. The molecule has 0 heterocycles. The predicted molar refractivity (Wildman–Crippen MR) is 99.5 cm³/mol. The highest BCUT2D eigenvalue weighted by Gasteiger charge is 2.07. The molecule has 0 aromatic rings. The molecule has 0 atom stereocenters. The van der Waals surface area contributed by atoms with Crippen molar-refractivity contribution in [3.05, 3.63) is 0 Å². The van der Waals surface area contributed by atoms with Gasteiger partial charge in [-0.05, 0) is 0 Å². The molecule has 0 amide bonds. The van der Waals surface area contributed by atoms with Gasteiger partial charge in [-0.3, -0.25) is 0 Å². The van der Waals surface area contributed by atoms with Gasteiger partial charge in [-0.1, -0.05) is 0 Å². The van der Waals surface area contributed by atoms with E-state index < -0.39 is 0 Å². The van der Waals surface area contributed by atoms with Gasteiger partial charge in [-0.15, -0.1) is 0 Å². The van der Waals surface area contributed by atoms with E-state index >= 15 is 0 Å². The van der Waals surface area contributed by atoms with E-state index in [1.54, 1.807) is 21.3 Å². The zero-order valence-corrected chi connectivity index (χ0v) is 17.2. The third-order valence-electron chi connectivity index (χ3n) is 3.29. The van der Waals surface area contributed by atoms with Gasteiger partial charge in [0, 0.05) is 21.3 Å². The summed E-state index contributed by atoms with van der Waals surface area (Å²) < 4.78 is 47.5. The monoisotopic (exact) mass is 398 g/mol. The van der Waals surface area contributed by atoms with Gasteiger partial charge in [-0.25, -0.2) is 0 Å². The molecule has 0 unspecified atom stereocenters. The first kappa shape index (κ1) is 26.6. The summed E-state index contributed by atoms with van der Waals surface area (Å²) in [7, 11) is 4.93. The molecule has 0 saturated heterocycles. The summed E-state index contributed by atoms with van der Waals surface area (Å²) in [6.45, 7) is 7.51. The Hall–Kier alpha value is -0.360. The largest absolute Gasteiger partial charge is 0.382 e. The number of hydrogen-bond acceptors (Lipinski definition) is 9. The maximum atomic E-state index is 5.53. The normalized spacial score (nSPS) is 11.6. The molecule has 0 bridgehead atoms. The number of rotatable bonds is 23. The van der Waals surface area contributed by atoms with E-state index in [0.717, 1.165) is 0 Å². The highest BCUT2D eigenvalue weighted by atomic mass is 16.6. The van der Waals surface area contributed by atoms with E-state index in [0.29, 0.717) is 92.5 Å². The smallest absolute Gasteiger partial charge is 0.104 e. The fourth-order valence-electron chi connectivity index (χ4n) is 1.78. The van der Waals surface area contributed by atoms with Crippen LogP contribution in [0.25, 0.3) is 0 Å². The molecule has 0 aliphatic carbocycles. The van der Waals surface area contributed by atoms with Crippen LogP contribution in [0.1, 0.15) is 0 Å². The third kappa shape index (κ3) is 21.8. The van der Waals surface area contributed by atoms with Crippen LogP contribution in [-0.2, 0) is 42.6 Å². The standard InChI is InChI=1S/C18H38O9/c1-19-4-6-22-8-10-24-12-14-26-16-18(21-3)17-27-15-13-25-11-9-23-7-5-20-2/h18H,4-17H2,1-3H3. The fourth-order valence-corrected chi connectivity index (χ4v) is 1.78. The van der Waals surface area contributed by atoms with Crippen molar-refractivity contribution in [3.8, 4) is 0 Å². The van der Waals surface area contributed by atoms with Crippen molar-refractivity contribution in [2.24, 2.45) is 0 Å². The summed E-state index contributed by atoms with van der Waals surface area (Å²) >= 11 is 0. The zero-order chi connectivity index (χ0) is 19.8. The second kappa shape index (κ2) is 23.7. The molecular weight excluding hydrogens is 360 g/mol. The van der Waals surface area contributed by atoms with Crippen LogP contribution < -0.4 is 0 Å². The van der Waals surface area contributed by atoms with Gasteiger partial charge in [0.2, 0.25) is 0 Å². The molecule has 0 radical (unpaired) electrons. The van der Waals surface area contributed by atoms with Crippen LogP contribution in [0.4, 0.5) is 0 Å². The quantitative estimate of drug-likeness (QED) is 0.227. The Morgan fingerprint density at radius 3 is 1.00 bits per heavy atom. The molecule has 164 valence electrons. The van der Waals surface area contributed by atoms with E-state index in [4.69, 9.17) is 42.6 Å². The molecule has 9 heteroatoms. The lowest BCUT2D eigenvalue weighted by molar-refractivity contribution is -0.0621. The molecule has 0 spiro atoms. The van der Waals surface area contributed by atoms with Gasteiger partial charge in [0.15, 0.2) is 0 Å². The molecule has 9 nitrogen and oxygen atoms in total. The number of ether oxygens (including phenoxy) is 9. The molecule has 0 aliphatic heterocycles. The van der Waals surface area contributed by atoms with Crippen molar-refractivity contribution in [3.63, 3.8) is 0 Å². The summed E-state index contributed by atoms with van der Waals surface area (Å²) in [5, 5.41) is 0. The maximum Gasteiger partial charge on any atom is 0.104 e. The highest BCUT2D eigenvalue weighted by Crippen LogP contribution is 1.94. The third-order valence-corrected chi connectivity index (χ3v) is 3.29. The Labute approximate surface area is 163 Å². The first-order valence-electron chi connectivity index (χ1n) is 9.32. The van der Waals surface area contributed by atoms with Crippen LogP contribution in [0, 0.1) is 0 Å². The lowest BCUT2D eigenvalue weighted by atomic mass is 10.4. The van der Waals surface area contributed by atoms with Crippen molar-refractivity contribution in [2.45, 2.75) is 6.10 Å². The lowest BCUT2D eigenvalue weighted by Crippen LogP contribution is -2.26. The minimum absolute atomic E-state index is 0.111. The molecule has 0 aromatic heterocycles. The van der Waals surface area contributed by atoms with Crippen molar-refractivity contribution in [2.75, 3.05) is 114 Å². The molecule has 0 aliphatic rings. The Morgan fingerprint density at radius 2 is 0.704 bits per heavy atom. The topological polar surface area (TPSA) is 83.1 Å². The zero-order valence-electron chi connectivity index (χ0n) is 17.2. The highest BCUT2D eigenvalue weighted by molar-refractivity contribution is 4.54. The van der Waals surface area contributed by atoms with E-state index in [2.05, 4.69) is 0 Å². The minimum Gasteiger partial charge on any atom is -0.382 e. The van der Waals surface area contributed by atoms with E-state index in [1.807, 2.05) is 0 Å². The number of methoxy groups -OCH3 is 3. The van der Waals surface area contributed by atoms with Crippen LogP contribution >= 0.6 is 0 Å². The van der Waals surface area contributed by atoms with E-state index in [-0.39, 0.29) is 6.10 Å². The van der Waals surface area contributed by atoms with Gasteiger partial charge < -0.3 is 42.6 Å². The van der Waals surface area contributed by atoms with Gasteiger partial charge >= 0.3 is 0 Å². The van der Waals surface area contributed by atoms with Crippen LogP contribution in [0.2, 0.25) is 0 Å². The summed E-state index contributed by atoms with van der Waals surface area (Å²) in [5.74, 6) is 0. The first-order chi connectivity index (χ1) is 13.3.